The molecule has 7 nitrogen and oxygen atoms in total. The Bertz CT molecular complexity index is 875. The number of aromatic nitrogens is 1. The lowest BCUT2D eigenvalue weighted by Gasteiger charge is -2.31. The predicted octanol–water partition coefficient (Wildman–Crippen LogP) is 2.66. The molecule has 1 unspecified atom stereocenters. The van der Waals surface area contributed by atoms with E-state index in [1.54, 1.807) is 19.1 Å². The van der Waals surface area contributed by atoms with Crippen LogP contribution in [0.4, 0.5) is 6.01 Å². The molecule has 1 amide bonds. The number of benzene rings is 1. The molecule has 1 aromatic carbocycles. The second kappa shape index (κ2) is 7.08. The fourth-order valence-electron chi connectivity index (χ4n) is 3.40. The number of hydrogen-bond donors (Lipinski definition) is 2. The molecule has 2 N–H and O–H groups in total. The maximum Gasteiger partial charge on any atom is 0.298 e. The Kier molecular flexibility index (Phi) is 4.61. The Morgan fingerprint density at radius 2 is 2.07 bits per heavy atom. The number of piperidine rings is 1. The Labute approximate surface area is 157 Å². The summed E-state index contributed by atoms with van der Waals surface area (Å²) in [6.45, 7) is 3.16. The van der Waals surface area contributed by atoms with Crippen molar-refractivity contribution in [3.8, 4) is 0 Å². The fourth-order valence-corrected chi connectivity index (χ4v) is 3.40. The molecule has 0 radical (unpaired) electrons. The zero-order chi connectivity index (χ0) is 18.9. The largest absolute Gasteiger partial charge is 0.466 e. The standard InChI is InChI=1S/C20H23N3O4/c1-20(25,17-7-4-12-26-17)13-21-18(24)14-8-10-23(11-9-14)19-22-15-5-2-3-6-16(15)27-19/h2-7,12,14,25H,8-11,13H2,1H3,(H,21,24). The summed E-state index contributed by atoms with van der Waals surface area (Å²) >= 11 is 0. The van der Waals surface area contributed by atoms with E-state index in [2.05, 4.69) is 15.2 Å². The van der Waals surface area contributed by atoms with Crippen molar-refractivity contribution in [1.82, 2.24) is 10.3 Å². The van der Waals surface area contributed by atoms with Crippen LogP contribution in [0, 0.1) is 5.92 Å². The average Bonchev–Trinajstić information content (AvgIpc) is 3.36. The molecule has 1 aliphatic rings. The first-order valence-electron chi connectivity index (χ1n) is 9.17. The highest BCUT2D eigenvalue weighted by Crippen LogP contribution is 2.27. The van der Waals surface area contributed by atoms with Gasteiger partial charge in [0.05, 0.1) is 12.8 Å². The van der Waals surface area contributed by atoms with Crippen LogP contribution in [0.15, 0.2) is 51.5 Å². The molecule has 3 aromatic rings. The third-order valence-electron chi connectivity index (χ3n) is 5.08. The molecule has 0 saturated carbocycles. The summed E-state index contributed by atoms with van der Waals surface area (Å²) in [5.74, 6) is 0.311. The van der Waals surface area contributed by atoms with Gasteiger partial charge < -0.3 is 24.2 Å². The van der Waals surface area contributed by atoms with E-state index < -0.39 is 5.60 Å². The molecule has 142 valence electrons. The maximum atomic E-state index is 12.5. The van der Waals surface area contributed by atoms with Crippen LogP contribution in [-0.2, 0) is 10.4 Å². The number of fused-ring (bicyclic) bond motifs is 1. The molecule has 0 bridgehead atoms. The van der Waals surface area contributed by atoms with Crippen LogP contribution in [0.2, 0.25) is 0 Å². The van der Waals surface area contributed by atoms with Crippen LogP contribution in [0.1, 0.15) is 25.5 Å². The number of oxazole rings is 1. The second-order valence-electron chi connectivity index (χ2n) is 7.19. The minimum Gasteiger partial charge on any atom is -0.466 e. The molecule has 1 aliphatic heterocycles. The van der Waals surface area contributed by atoms with Crippen molar-refractivity contribution in [1.29, 1.82) is 0 Å². The number of furan rings is 1. The summed E-state index contributed by atoms with van der Waals surface area (Å²) in [6.07, 6.45) is 2.94. The third-order valence-corrected chi connectivity index (χ3v) is 5.08. The van der Waals surface area contributed by atoms with Crippen molar-refractivity contribution < 1.29 is 18.7 Å². The van der Waals surface area contributed by atoms with Gasteiger partial charge in [-0.2, -0.15) is 4.98 Å². The molecule has 1 fully saturated rings. The molecule has 27 heavy (non-hydrogen) atoms. The van der Waals surface area contributed by atoms with Gasteiger partial charge in [0.15, 0.2) is 5.58 Å². The SMILES string of the molecule is CC(O)(CNC(=O)C1CCN(c2nc3ccccc3o2)CC1)c1ccco1. The van der Waals surface area contributed by atoms with E-state index in [9.17, 15) is 9.90 Å². The second-order valence-corrected chi connectivity index (χ2v) is 7.19. The van der Waals surface area contributed by atoms with Gasteiger partial charge in [0.25, 0.3) is 6.01 Å². The summed E-state index contributed by atoms with van der Waals surface area (Å²) < 4.78 is 11.0. The van der Waals surface area contributed by atoms with E-state index in [1.165, 1.54) is 6.26 Å². The number of carbonyl (C=O) groups is 1. The molecule has 0 spiro atoms. The summed E-state index contributed by atoms with van der Waals surface area (Å²) in [7, 11) is 0. The zero-order valence-corrected chi connectivity index (χ0v) is 15.2. The zero-order valence-electron chi connectivity index (χ0n) is 15.2. The number of aliphatic hydroxyl groups is 1. The molecular formula is C20H23N3O4. The Balaban J connectivity index is 1.31. The van der Waals surface area contributed by atoms with Crippen LogP contribution in [-0.4, -0.2) is 35.6 Å². The number of hydrogen-bond acceptors (Lipinski definition) is 6. The summed E-state index contributed by atoms with van der Waals surface area (Å²) in [5, 5.41) is 13.3. The van der Waals surface area contributed by atoms with E-state index in [4.69, 9.17) is 8.83 Å². The van der Waals surface area contributed by atoms with Gasteiger partial charge in [-0.1, -0.05) is 12.1 Å². The molecule has 3 heterocycles. The number of anilines is 1. The number of nitrogens with zero attached hydrogens (tertiary/aromatic N) is 2. The van der Waals surface area contributed by atoms with Crippen molar-refractivity contribution in [3.05, 3.63) is 48.4 Å². The minimum absolute atomic E-state index is 0.0425. The van der Waals surface area contributed by atoms with E-state index >= 15 is 0 Å². The monoisotopic (exact) mass is 369 g/mol. The van der Waals surface area contributed by atoms with Crippen LogP contribution < -0.4 is 10.2 Å². The van der Waals surface area contributed by atoms with E-state index in [-0.39, 0.29) is 18.4 Å². The lowest BCUT2D eigenvalue weighted by Crippen LogP contribution is -2.44. The van der Waals surface area contributed by atoms with Gasteiger partial charge in [-0.05, 0) is 44.0 Å². The lowest BCUT2D eigenvalue weighted by molar-refractivity contribution is -0.127. The highest BCUT2D eigenvalue weighted by Gasteiger charge is 2.31. The number of nitrogens with one attached hydrogen (secondary N) is 1. The van der Waals surface area contributed by atoms with E-state index in [1.807, 2.05) is 24.3 Å². The van der Waals surface area contributed by atoms with Crippen LogP contribution in [0.5, 0.6) is 0 Å². The van der Waals surface area contributed by atoms with Gasteiger partial charge in [-0.3, -0.25) is 4.79 Å². The van der Waals surface area contributed by atoms with Crippen molar-refractivity contribution in [2.24, 2.45) is 5.92 Å². The van der Waals surface area contributed by atoms with Crippen LogP contribution in [0.3, 0.4) is 0 Å². The molecule has 4 rings (SSSR count). The Hall–Kier alpha value is -2.80. The third kappa shape index (κ3) is 3.68. The normalized spacial score (nSPS) is 17.8. The molecule has 0 aliphatic carbocycles. The first-order chi connectivity index (χ1) is 13.0. The number of carbonyl (C=O) groups excluding carboxylic acids is 1. The first kappa shape index (κ1) is 17.6. The van der Waals surface area contributed by atoms with Crippen molar-refractivity contribution in [2.45, 2.75) is 25.4 Å². The molecular weight excluding hydrogens is 346 g/mol. The molecule has 2 aromatic heterocycles. The molecule has 7 heteroatoms. The van der Waals surface area contributed by atoms with Gasteiger partial charge in [-0.15, -0.1) is 0 Å². The lowest BCUT2D eigenvalue weighted by atomic mass is 9.95. The number of rotatable bonds is 5. The number of para-hydroxylation sites is 2. The Morgan fingerprint density at radius 3 is 2.78 bits per heavy atom. The molecule has 1 saturated heterocycles. The minimum atomic E-state index is -1.22. The van der Waals surface area contributed by atoms with Crippen molar-refractivity contribution >= 4 is 23.0 Å². The van der Waals surface area contributed by atoms with Crippen LogP contribution in [0.25, 0.3) is 11.1 Å². The van der Waals surface area contributed by atoms with Gasteiger partial charge in [0.2, 0.25) is 5.91 Å². The van der Waals surface area contributed by atoms with E-state index in [0.717, 1.165) is 11.1 Å². The maximum absolute atomic E-state index is 12.5. The van der Waals surface area contributed by atoms with Crippen LogP contribution >= 0.6 is 0 Å². The Morgan fingerprint density at radius 1 is 1.30 bits per heavy atom. The number of amides is 1. The smallest absolute Gasteiger partial charge is 0.298 e. The van der Waals surface area contributed by atoms with Gasteiger partial charge in [0.1, 0.15) is 16.9 Å². The first-order valence-corrected chi connectivity index (χ1v) is 9.17. The average molecular weight is 369 g/mol. The highest BCUT2D eigenvalue weighted by molar-refractivity contribution is 5.79. The van der Waals surface area contributed by atoms with Gasteiger partial charge >= 0.3 is 0 Å². The van der Waals surface area contributed by atoms with Gasteiger partial charge in [-0.25, -0.2) is 0 Å². The summed E-state index contributed by atoms with van der Waals surface area (Å²) in [6, 6.07) is 11.7. The van der Waals surface area contributed by atoms with Gasteiger partial charge in [0, 0.05) is 19.0 Å². The van der Waals surface area contributed by atoms with E-state index in [0.29, 0.717) is 37.7 Å². The summed E-state index contributed by atoms with van der Waals surface area (Å²) in [4.78, 5) is 19.1. The fraction of sp³-hybridized carbons (Fsp3) is 0.400. The summed E-state index contributed by atoms with van der Waals surface area (Å²) in [5.41, 5.74) is 0.387. The van der Waals surface area contributed by atoms with Crippen molar-refractivity contribution in [2.75, 3.05) is 24.5 Å². The quantitative estimate of drug-likeness (QED) is 0.718. The highest BCUT2D eigenvalue weighted by atomic mass is 16.4. The predicted molar refractivity (Wildman–Crippen MR) is 100 cm³/mol. The molecule has 1 atom stereocenters. The topological polar surface area (TPSA) is 91.7 Å². The van der Waals surface area contributed by atoms with Crippen molar-refractivity contribution in [3.63, 3.8) is 0 Å².